The van der Waals surface area contributed by atoms with Crippen LogP contribution in [0.1, 0.15) is 54.3 Å². The van der Waals surface area contributed by atoms with Gasteiger partial charge in [-0.15, -0.1) is 0 Å². The second-order valence-electron chi connectivity index (χ2n) is 7.87. The van der Waals surface area contributed by atoms with Crippen LogP contribution in [0.15, 0.2) is 57.1 Å². The summed E-state index contributed by atoms with van der Waals surface area (Å²) in [7, 11) is 0. The molecule has 1 aromatic heterocycles. The number of fused-ring (bicyclic) bond motifs is 1. The molecular weight excluding hydrogens is 421 g/mol. The van der Waals surface area contributed by atoms with Gasteiger partial charge in [0.25, 0.3) is 0 Å². The van der Waals surface area contributed by atoms with Gasteiger partial charge in [-0.1, -0.05) is 0 Å². The average molecular weight is 448 g/mol. The first-order valence-corrected chi connectivity index (χ1v) is 11.2. The maximum atomic E-state index is 2.44. The van der Waals surface area contributed by atoms with Gasteiger partial charge in [-0.3, -0.25) is 0 Å². The van der Waals surface area contributed by atoms with Gasteiger partial charge in [0, 0.05) is 0 Å². The summed E-state index contributed by atoms with van der Waals surface area (Å²) in [6.07, 6.45) is 4.73. The van der Waals surface area contributed by atoms with Crippen LogP contribution in [0, 0.1) is 19.8 Å². The van der Waals surface area contributed by atoms with Crippen LogP contribution in [-0.4, -0.2) is 4.57 Å². The standard InChI is InChI=1S/C15H14N.C9H13.2ClH.Ti/c1-11-7-12(2)16(10-11)15-8-13-5-3-4-6-14(13)9-15;1-6-5-7(2)9(4)8(6)3;;;/h3-10H,1-2H3;6H,1-4H3;2*1H;/q;;;;+2/p-2. The average Bonchev–Trinajstić information content (AvgIpc) is 3.20. The third-order valence-electron chi connectivity index (χ3n) is 6.27. The molecule has 28 heavy (non-hydrogen) atoms. The molecule has 2 atom stereocenters. The van der Waals surface area contributed by atoms with E-state index < -0.39 is 0 Å². The van der Waals surface area contributed by atoms with E-state index in [1.54, 1.807) is 15.0 Å². The first-order chi connectivity index (χ1) is 12.4. The third-order valence-corrected chi connectivity index (χ3v) is 9.42. The zero-order chi connectivity index (χ0) is 18.6. The van der Waals surface area contributed by atoms with Gasteiger partial charge in [0.1, 0.15) is 0 Å². The van der Waals surface area contributed by atoms with Crippen molar-refractivity contribution in [3.8, 4) is 0 Å². The second kappa shape index (κ2) is 8.80. The molecule has 0 fully saturated rings. The van der Waals surface area contributed by atoms with E-state index in [0.29, 0.717) is 10.1 Å². The number of nitrogens with zero attached hydrogens (tertiary/aromatic N) is 1. The summed E-state index contributed by atoms with van der Waals surface area (Å²) in [5.74, 6) is 0.622. The molecule has 1 aromatic carbocycles. The Kier molecular flexibility index (Phi) is 7.32. The van der Waals surface area contributed by atoms with Crippen LogP contribution in [-0.2, 0) is 19.2 Å². The second-order valence-corrected chi connectivity index (χ2v) is 10.1. The summed E-state index contributed by atoms with van der Waals surface area (Å²) in [6.45, 7) is 13.8. The van der Waals surface area contributed by atoms with Gasteiger partial charge in [-0.2, -0.15) is 0 Å². The summed E-state index contributed by atoms with van der Waals surface area (Å²) >= 11 is -0.296. The van der Waals surface area contributed by atoms with Crippen molar-refractivity contribution in [2.45, 2.75) is 45.8 Å². The molecule has 2 unspecified atom stereocenters. The Morgan fingerprint density at radius 1 is 0.929 bits per heavy atom. The quantitative estimate of drug-likeness (QED) is 0.604. The predicted molar refractivity (Wildman–Crippen MR) is 107 cm³/mol. The Morgan fingerprint density at radius 2 is 1.61 bits per heavy atom. The van der Waals surface area contributed by atoms with Gasteiger partial charge < -0.3 is 24.8 Å². The predicted octanol–water partition coefficient (Wildman–Crippen LogP) is 0.508. The molecule has 0 spiro atoms. The summed E-state index contributed by atoms with van der Waals surface area (Å²) in [4.78, 5) is 0. The monoisotopic (exact) mass is 447 g/mol. The van der Waals surface area contributed by atoms with E-state index in [9.17, 15) is 0 Å². The van der Waals surface area contributed by atoms with E-state index in [1.165, 1.54) is 33.7 Å². The van der Waals surface area contributed by atoms with Gasteiger partial charge in [-0.05, 0) is 0 Å². The van der Waals surface area contributed by atoms with Crippen molar-refractivity contribution in [1.82, 2.24) is 4.57 Å². The molecule has 4 heteroatoms. The topological polar surface area (TPSA) is 4.93 Å². The van der Waals surface area contributed by atoms with Gasteiger partial charge in [-0.25, -0.2) is 0 Å². The van der Waals surface area contributed by atoms with Crippen LogP contribution < -0.4 is 24.8 Å². The molecule has 0 N–H and O–H groups in total. The van der Waals surface area contributed by atoms with Gasteiger partial charge in [0.05, 0.1) is 0 Å². The maximum absolute atomic E-state index is 2.44. The first-order valence-electron chi connectivity index (χ1n) is 9.50. The van der Waals surface area contributed by atoms with Crippen molar-refractivity contribution in [2.75, 3.05) is 0 Å². The minimum absolute atomic E-state index is 0. The van der Waals surface area contributed by atoms with E-state index in [0.717, 1.165) is 0 Å². The van der Waals surface area contributed by atoms with Crippen molar-refractivity contribution in [2.24, 2.45) is 5.92 Å². The van der Waals surface area contributed by atoms with Crippen LogP contribution >= 0.6 is 0 Å². The number of aryl methyl sites for hydroxylation is 2. The minimum Gasteiger partial charge on any atom is -1.00 e. The van der Waals surface area contributed by atoms with Crippen molar-refractivity contribution >= 4 is 11.8 Å². The zero-order valence-electron chi connectivity index (χ0n) is 17.4. The number of hydrogen-bond donors (Lipinski definition) is 0. The van der Waals surface area contributed by atoms with E-state index >= 15 is 0 Å². The minimum atomic E-state index is -0.296. The smallest absolute Gasteiger partial charge is 1.00 e. The maximum Gasteiger partial charge on any atom is -1.00 e. The molecule has 2 aliphatic rings. The van der Waals surface area contributed by atoms with Crippen LogP contribution in [0.2, 0.25) is 0 Å². The molecule has 2 aliphatic carbocycles. The van der Waals surface area contributed by atoms with E-state index in [-0.39, 0.29) is 44.0 Å². The molecule has 0 radical (unpaired) electrons. The summed E-state index contributed by atoms with van der Waals surface area (Å²) in [6, 6.07) is 11.3. The van der Waals surface area contributed by atoms with E-state index in [2.05, 4.69) is 88.7 Å². The fourth-order valence-electron chi connectivity index (χ4n) is 4.44. The Hall–Kier alpha value is -0.986. The molecule has 2 aromatic rings. The summed E-state index contributed by atoms with van der Waals surface area (Å²) < 4.78 is 4.74. The molecule has 0 bridgehead atoms. The van der Waals surface area contributed by atoms with Crippen LogP contribution in [0.3, 0.4) is 0 Å². The van der Waals surface area contributed by atoms with Crippen LogP contribution in [0.5, 0.6) is 0 Å². The molecule has 0 saturated carbocycles. The zero-order valence-corrected chi connectivity index (χ0v) is 20.5. The largest absolute Gasteiger partial charge is 1.00 e. The number of halogens is 2. The van der Waals surface area contributed by atoms with Gasteiger partial charge in [0.15, 0.2) is 0 Å². The molecular formula is C24H27Cl2NTi. The van der Waals surface area contributed by atoms with Gasteiger partial charge >= 0.3 is 167 Å². The Balaban J connectivity index is 0.00000140. The molecule has 146 valence electrons. The number of hydrogen-bond acceptors (Lipinski definition) is 0. The van der Waals surface area contributed by atoms with Gasteiger partial charge in [0.2, 0.25) is 0 Å². The van der Waals surface area contributed by atoms with E-state index in [4.69, 9.17) is 0 Å². The first kappa shape index (κ1) is 23.3. The molecule has 1 nitrogen and oxygen atoms in total. The number of allylic oxidation sites excluding steroid dienone is 5. The van der Waals surface area contributed by atoms with Crippen molar-refractivity contribution in [3.63, 3.8) is 0 Å². The Morgan fingerprint density at radius 3 is 2.18 bits per heavy atom. The van der Waals surface area contributed by atoms with Crippen molar-refractivity contribution in [3.05, 3.63) is 79.5 Å². The Bertz CT molecular complexity index is 994. The molecule has 4 rings (SSSR count). The molecule has 0 saturated heterocycles. The van der Waals surface area contributed by atoms with Crippen molar-refractivity contribution < 1.29 is 44.0 Å². The fourth-order valence-corrected chi connectivity index (χ4v) is 7.52. The molecule has 1 heterocycles. The van der Waals surface area contributed by atoms with E-state index in [1.807, 2.05) is 0 Å². The normalized spacial score (nSPS) is 20.4. The van der Waals surface area contributed by atoms with Crippen LogP contribution in [0.25, 0.3) is 11.8 Å². The number of aromatic nitrogens is 1. The Labute approximate surface area is 190 Å². The summed E-state index contributed by atoms with van der Waals surface area (Å²) in [5, 5.41) is 0. The third kappa shape index (κ3) is 3.75. The summed E-state index contributed by atoms with van der Waals surface area (Å²) in [5.41, 5.74) is 11.8. The molecule has 0 amide bonds. The number of benzene rings is 1. The SMILES string of the molecule is CC1=C(C)C(C)[C]([Ti+2][CH]2C(n3cc(C)cc3C)=Cc3ccccc32)=C1C.[Cl-].[Cl-]. The number of rotatable bonds is 3. The van der Waals surface area contributed by atoms with Crippen molar-refractivity contribution in [1.29, 1.82) is 0 Å². The fraction of sp³-hybridized carbons (Fsp3) is 0.333. The van der Waals surface area contributed by atoms with Crippen LogP contribution in [0.4, 0.5) is 0 Å². The molecule has 0 aliphatic heterocycles.